The van der Waals surface area contributed by atoms with Gasteiger partial charge in [0.05, 0.1) is 25.2 Å². The summed E-state index contributed by atoms with van der Waals surface area (Å²) in [6, 6.07) is 10.7. The lowest BCUT2D eigenvalue weighted by molar-refractivity contribution is -0.137. The van der Waals surface area contributed by atoms with Crippen molar-refractivity contribution in [2.75, 3.05) is 41.7 Å². The first kappa shape index (κ1) is 29.2. The van der Waals surface area contributed by atoms with Crippen molar-refractivity contribution in [3.63, 3.8) is 0 Å². The van der Waals surface area contributed by atoms with Crippen molar-refractivity contribution in [1.29, 1.82) is 0 Å². The third-order valence-electron chi connectivity index (χ3n) is 5.02. The van der Waals surface area contributed by atoms with E-state index in [9.17, 15) is 26.4 Å². The van der Waals surface area contributed by atoms with E-state index < -0.39 is 33.3 Å². The van der Waals surface area contributed by atoms with Crippen molar-refractivity contribution in [1.82, 2.24) is 9.97 Å². The Morgan fingerprint density at radius 2 is 1.87 bits per heavy atom. The van der Waals surface area contributed by atoms with Crippen molar-refractivity contribution in [3.05, 3.63) is 66.9 Å². The van der Waals surface area contributed by atoms with Crippen molar-refractivity contribution in [2.45, 2.75) is 12.6 Å². The van der Waals surface area contributed by atoms with Crippen LogP contribution in [0.25, 0.3) is 0 Å². The fourth-order valence-corrected chi connectivity index (χ4v) is 3.89. The van der Waals surface area contributed by atoms with Crippen LogP contribution in [-0.2, 0) is 20.8 Å². The summed E-state index contributed by atoms with van der Waals surface area (Å²) in [6.07, 6.45) is -1.59. The number of aromatic nitrogens is 2. The van der Waals surface area contributed by atoms with Crippen LogP contribution in [0.2, 0.25) is 0 Å². The second-order valence-corrected chi connectivity index (χ2v) is 10.4. The number of carbonyl (C=O) groups is 1. The molecule has 0 unspecified atom stereocenters. The van der Waals surface area contributed by atoms with Gasteiger partial charge in [-0.15, -0.1) is 0 Å². The zero-order valence-electron chi connectivity index (χ0n) is 21.0. The molecule has 1 heterocycles. The van der Waals surface area contributed by atoms with Gasteiger partial charge < -0.3 is 25.4 Å². The van der Waals surface area contributed by atoms with Gasteiger partial charge in [0.25, 0.3) is 0 Å². The number of carbonyl (C=O) groups excluding carboxylic acids is 1. The molecule has 0 fully saturated rings. The number of ether oxygens (including phenoxy) is 2. The van der Waals surface area contributed by atoms with E-state index >= 15 is 0 Å². The predicted octanol–water partition coefficient (Wildman–Crippen LogP) is 4.93. The van der Waals surface area contributed by atoms with Gasteiger partial charge in [-0.25, -0.2) is 13.4 Å². The minimum Gasteiger partial charge on any atom is -0.494 e. The summed E-state index contributed by atoms with van der Waals surface area (Å²) >= 11 is 0. The molecule has 39 heavy (non-hydrogen) atoms. The fraction of sp³-hybridized carbons (Fsp3) is 0.240. The molecular weight excluding hydrogens is 539 g/mol. The summed E-state index contributed by atoms with van der Waals surface area (Å²) in [5.41, 5.74) is -0.171. The van der Waals surface area contributed by atoms with E-state index in [4.69, 9.17) is 9.47 Å². The Bertz CT molecular complexity index is 1450. The van der Waals surface area contributed by atoms with Crippen molar-refractivity contribution in [2.24, 2.45) is 0 Å². The zero-order valence-corrected chi connectivity index (χ0v) is 21.8. The maximum atomic E-state index is 13.7. The molecule has 0 spiro atoms. The van der Waals surface area contributed by atoms with E-state index in [1.165, 1.54) is 25.3 Å². The Hall–Kier alpha value is -4.33. The van der Waals surface area contributed by atoms with Crippen LogP contribution in [0, 0.1) is 0 Å². The molecule has 0 radical (unpaired) electrons. The summed E-state index contributed by atoms with van der Waals surface area (Å²) in [5.74, 6) is -0.460. The molecule has 0 aliphatic rings. The number of sulfone groups is 1. The monoisotopic (exact) mass is 565 g/mol. The first-order valence-electron chi connectivity index (χ1n) is 11.4. The summed E-state index contributed by atoms with van der Waals surface area (Å²) in [6.45, 7) is 3.52. The maximum absolute atomic E-state index is 13.7. The lowest BCUT2D eigenvalue weighted by Gasteiger charge is -2.16. The Kier molecular flexibility index (Phi) is 9.35. The van der Waals surface area contributed by atoms with Crippen LogP contribution in [0.3, 0.4) is 0 Å². The number of hydrogen-bond donors (Lipinski definition) is 3. The zero-order chi connectivity index (χ0) is 28.6. The molecule has 0 aliphatic heterocycles. The highest BCUT2D eigenvalue weighted by Gasteiger charge is 2.35. The average molecular weight is 566 g/mol. The van der Waals surface area contributed by atoms with Gasteiger partial charge in [0.1, 0.15) is 32.7 Å². The summed E-state index contributed by atoms with van der Waals surface area (Å²) in [5, 5.41) is 7.99. The second-order valence-electron chi connectivity index (χ2n) is 8.17. The van der Waals surface area contributed by atoms with Gasteiger partial charge in [-0.1, -0.05) is 12.6 Å². The van der Waals surface area contributed by atoms with E-state index in [-0.39, 0.29) is 24.0 Å². The normalized spacial score (nSPS) is 11.4. The summed E-state index contributed by atoms with van der Waals surface area (Å²) < 4.78 is 74.5. The van der Waals surface area contributed by atoms with Crippen LogP contribution in [0.1, 0.15) is 12.0 Å². The second kappa shape index (κ2) is 12.5. The highest BCUT2D eigenvalue weighted by molar-refractivity contribution is 7.90. The van der Waals surface area contributed by atoms with Gasteiger partial charge in [-0.2, -0.15) is 18.2 Å². The van der Waals surface area contributed by atoms with E-state index in [2.05, 4.69) is 32.5 Å². The number of nitrogens with zero attached hydrogens (tertiary/aromatic N) is 2. The quantitative estimate of drug-likeness (QED) is 0.207. The Balaban J connectivity index is 1.82. The lowest BCUT2D eigenvalue weighted by atomic mass is 10.2. The number of nitrogens with one attached hydrogen (secondary N) is 3. The predicted molar refractivity (Wildman–Crippen MR) is 142 cm³/mol. The van der Waals surface area contributed by atoms with Crippen LogP contribution in [0.4, 0.5) is 42.0 Å². The molecule has 0 saturated carbocycles. The standard InChI is InChI=1S/C25H26F3N5O5S/c1-4-22(34)30-16-7-5-8-17(13-16)31-23-19(25(26,27)28)15-29-24(33-23)32-20-10-9-18(14-21(20)37-2)38-11-6-12-39(3,35)36/h4-5,7-10,13-15H,1,6,11-12H2,2-3H3,(H,30,34)(H2,29,31,32,33). The first-order chi connectivity index (χ1) is 18.4. The molecule has 1 aromatic heterocycles. The van der Waals surface area contributed by atoms with Crippen LogP contribution >= 0.6 is 0 Å². The number of alkyl halides is 3. The average Bonchev–Trinajstić information content (AvgIpc) is 2.86. The Morgan fingerprint density at radius 3 is 2.54 bits per heavy atom. The Morgan fingerprint density at radius 1 is 1.13 bits per heavy atom. The molecule has 0 bridgehead atoms. The van der Waals surface area contributed by atoms with Gasteiger partial charge in [0.2, 0.25) is 11.9 Å². The number of benzene rings is 2. The van der Waals surface area contributed by atoms with Gasteiger partial charge in [0, 0.05) is 29.9 Å². The number of amides is 1. The third-order valence-corrected chi connectivity index (χ3v) is 6.05. The fourth-order valence-electron chi connectivity index (χ4n) is 3.25. The van der Waals surface area contributed by atoms with Gasteiger partial charge in [0.15, 0.2) is 0 Å². The van der Waals surface area contributed by atoms with E-state index in [1.54, 1.807) is 24.3 Å². The van der Waals surface area contributed by atoms with Crippen LogP contribution < -0.4 is 25.4 Å². The Labute approximate surface area is 223 Å². The minimum atomic E-state index is -4.75. The van der Waals surface area contributed by atoms with Gasteiger partial charge >= 0.3 is 6.18 Å². The molecule has 3 rings (SSSR count). The first-order valence-corrected chi connectivity index (χ1v) is 13.4. The number of methoxy groups -OCH3 is 1. The van der Waals surface area contributed by atoms with E-state index in [0.29, 0.717) is 35.5 Å². The van der Waals surface area contributed by atoms with Crippen LogP contribution in [-0.4, -0.2) is 50.0 Å². The summed E-state index contributed by atoms with van der Waals surface area (Å²) in [4.78, 5) is 19.4. The number of hydrogen-bond acceptors (Lipinski definition) is 9. The maximum Gasteiger partial charge on any atom is 0.421 e. The van der Waals surface area contributed by atoms with Crippen molar-refractivity contribution < 1.29 is 35.9 Å². The van der Waals surface area contributed by atoms with Gasteiger partial charge in [-0.05, 0) is 42.8 Å². The number of rotatable bonds is 12. The SMILES string of the molecule is C=CC(=O)Nc1cccc(Nc2nc(Nc3ccc(OCCCS(C)(=O)=O)cc3OC)ncc2C(F)(F)F)c1. The number of halogens is 3. The molecule has 3 N–H and O–H groups in total. The third kappa shape index (κ3) is 8.88. The molecule has 10 nitrogen and oxygen atoms in total. The molecule has 3 aromatic rings. The largest absolute Gasteiger partial charge is 0.494 e. The van der Waals surface area contributed by atoms with Gasteiger partial charge in [-0.3, -0.25) is 4.79 Å². The molecular formula is C25H26F3N5O5S. The van der Waals surface area contributed by atoms with Crippen molar-refractivity contribution >= 4 is 44.6 Å². The molecule has 2 aromatic carbocycles. The molecule has 0 saturated heterocycles. The lowest BCUT2D eigenvalue weighted by Crippen LogP contribution is -2.13. The highest BCUT2D eigenvalue weighted by Crippen LogP contribution is 2.36. The smallest absolute Gasteiger partial charge is 0.421 e. The molecule has 14 heteroatoms. The molecule has 0 atom stereocenters. The van der Waals surface area contributed by atoms with Crippen molar-refractivity contribution in [3.8, 4) is 11.5 Å². The summed E-state index contributed by atoms with van der Waals surface area (Å²) in [7, 11) is -1.71. The number of anilines is 5. The van der Waals surface area contributed by atoms with Crippen LogP contribution in [0.15, 0.2) is 61.3 Å². The highest BCUT2D eigenvalue weighted by atomic mass is 32.2. The van der Waals surface area contributed by atoms with E-state index in [0.717, 1.165) is 12.3 Å². The molecule has 208 valence electrons. The topological polar surface area (TPSA) is 132 Å². The van der Waals surface area contributed by atoms with E-state index in [1.807, 2.05) is 0 Å². The van der Waals surface area contributed by atoms with Crippen LogP contribution in [0.5, 0.6) is 11.5 Å². The molecule has 1 amide bonds. The molecule has 0 aliphatic carbocycles. The minimum absolute atomic E-state index is 0.0147.